The molecule has 0 aliphatic carbocycles. The highest BCUT2D eigenvalue weighted by Gasteiger charge is 2.11. The Balaban J connectivity index is 2.02. The van der Waals surface area contributed by atoms with Crippen LogP contribution in [0, 0.1) is 11.3 Å². The van der Waals surface area contributed by atoms with Gasteiger partial charge in [0.15, 0.2) is 0 Å². The summed E-state index contributed by atoms with van der Waals surface area (Å²) >= 11 is 2.68. The van der Waals surface area contributed by atoms with Crippen LogP contribution < -0.4 is 10.2 Å². The molecule has 2 aromatic rings. The second-order valence-corrected chi connectivity index (χ2v) is 5.45. The fraction of sp³-hybridized carbons (Fsp3) is 0.214. The lowest BCUT2D eigenvalue weighted by Crippen LogP contribution is -1.93. The van der Waals surface area contributed by atoms with Crippen LogP contribution in [0.15, 0.2) is 34.4 Å². The lowest BCUT2D eigenvalue weighted by atomic mass is 10.2. The van der Waals surface area contributed by atoms with E-state index in [9.17, 15) is 0 Å². The maximum absolute atomic E-state index is 9.11. The summed E-state index contributed by atoms with van der Waals surface area (Å²) in [5.74, 6) is 0.835. The third-order valence-electron chi connectivity index (χ3n) is 2.54. The number of aromatic nitrogens is 1. The molecule has 2 rings (SSSR count). The average Bonchev–Trinajstić information content (AvgIpc) is 2.91. The van der Waals surface area contributed by atoms with Gasteiger partial charge in [-0.25, -0.2) is 0 Å². The van der Waals surface area contributed by atoms with Crippen LogP contribution >= 0.6 is 23.3 Å². The molecule has 0 aliphatic heterocycles. The van der Waals surface area contributed by atoms with Crippen molar-refractivity contribution in [1.29, 1.82) is 5.26 Å². The summed E-state index contributed by atoms with van der Waals surface area (Å²) in [6.07, 6.45) is 3.58. The summed E-state index contributed by atoms with van der Waals surface area (Å²) in [4.78, 5) is 0. The molecule has 0 saturated carbocycles. The molecule has 0 aliphatic rings. The molecule has 1 N–H and O–H groups in total. The number of hydrogen-bond donors (Lipinski definition) is 1. The zero-order chi connectivity index (χ0) is 15.1. The number of hydrazone groups is 1. The number of nitrogens with one attached hydrogen (secondary N) is 1. The third-order valence-corrected chi connectivity index (χ3v) is 4.09. The van der Waals surface area contributed by atoms with Crippen LogP contribution in [-0.2, 0) is 0 Å². The van der Waals surface area contributed by atoms with Gasteiger partial charge in [-0.15, -0.1) is 11.8 Å². The third kappa shape index (κ3) is 3.97. The molecule has 1 heterocycles. The fourth-order valence-electron chi connectivity index (χ4n) is 1.57. The van der Waals surface area contributed by atoms with E-state index in [-0.39, 0.29) is 0 Å². The molecule has 0 radical (unpaired) electrons. The van der Waals surface area contributed by atoms with Crippen molar-refractivity contribution in [3.8, 4) is 11.8 Å². The molecule has 7 heteroatoms. The van der Waals surface area contributed by atoms with Gasteiger partial charge >= 0.3 is 0 Å². The molecule has 5 nitrogen and oxygen atoms in total. The summed E-state index contributed by atoms with van der Waals surface area (Å²) in [7, 11) is 0. The molecule has 0 fully saturated rings. The van der Waals surface area contributed by atoms with Gasteiger partial charge in [-0.3, -0.25) is 5.43 Å². The highest BCUT2D eigenvalue weighted by Crippen LogP contribution is 2.29. The van der Waals surface area contributed by atoms with Crippen LogP contribution in [-0.4, -0.2) is 23.5 Å². The molecule has 0 unspecified atom stereocenters. The first-order valence-electron chi connectivity index (χ1n) is 6.24. The first-order chi connectivity index (χ1) is 10.3. The van der Waals surface area contributed by atoms with E-state index in [4.69, 9.17) is 10.00 Å². The molecular formula is C14H14N4OS2. The monoisotopic (exact) mass is 318 g/mol. The van der Waals surface area contributed by atoms with Crippen LogP contribution in [0.25, 0.3) is 0 Å². The van der Waals surface area contributed by atoms with Crippen LogP contribution in [0.2, 0.25) is 0 Å². The van der Waals surface area contributed by atoms with E-state index in [1.165, 1.54) is 23.3 Å². The Morgan fingerprint density at radius 3 is 2.86 bits per heavy atom. The number of ether oxygens (including phenoxy) is 1. The lowest BCUT2D eigenvalue weighted by molar-refractivity contribution is 0.340. The minimum Gasteiger partial charge on any atom is -0.494 e. The molecule has 21 heavy (non-hydrogen) atoms. The van der Waals surface area contributed by atoms with E-state index in [0.717, 1.165) is 16.3 Å². The van der Waals surface area contributed by atoms with Gasteiger partial charge in [-0.2, -0.15) is 14.7 Å². The molecule has 108 valence electrons. The van der Waals surface area contributed by atoms with E-state index < -0.39 is 0 Å². The fourth-order valence-corrected chi connectivity index (χ4v) is 2.99. The number of hydrogen-bond acceptors (Lipinski definition) is 7. The van der Waals surface area contributed by atoms with Crippen molar-refractivity contribution in [1.82, 2.24) is 4.37 Å². The summed E-state index contributed by atoms with van der Waals surface area (Å²) in [6, 6.07) is 9.76. The van der Waals surface area contributed by atoms with Crippen LogP contribution in [0.1, 0.15) is 18.1 Å². The Labute approximate surface area is 131 Å². The van der Waals surface area contributed by atoms with Crippen molar-refractivity contribution in [2.24, 2.45) is 5.10 Å². The van der Waals surface area contributed by atoms with Crippen LogP contribution in [0.3, 0.4) is 0 Å². The second kappa shape index (κ2) is 7.67. The van der Waals surface area contributed by atoms with E-state index in [0.29, 0.717) is 17.2 Å². The molecule has 0 amide bonds. The van der Waals surface area contributed by atoms with Crippen molar-refractivity contribution >= 4 is 34.5 Å². The van der Waals surface area contributed by atoms with Crippen LogP contribution in [0.5, 0.6) is 5.75 Å². The van der Waals surface area contributed by atoms with Gasteiger partial charge in [0.25, 0.3) is 0 Å². The number of nitriles is 1. The predicted octanol–water partition coefficient (Wildman–Crippen LogP) is 3.58. The van der Waals surface area contributed by atoms with Gasteiger partial charge in [0, 0.05) is 0 Å². The topological polar surface area (TPSA) is 70.3 Å². The van der Waals surface area contributed by atoms with E-state index in [1.54, 1.807) is 6.21 Å². The Morgan fingerprint density at radius 2 is 2.24 bits per heavy atom. The van der Waals surface area contributed by atoms with E-state index in [2.05, 4.69) is 21.0 Å². The Morgan fingerprint density at radius 1 is 1.48 bits per heavy atom. The van der Waals surface area contributed by atoms with Gasteiger partial charge in [0.05, 0.1) is 12.8 Å². The van der Waals surface area contributed by atoms with Crippen molar-refractivity contribution < 1.29 is 4.74 Å². The summed E-state index contributed by atoms with van der Waals surface area (Å²) in [5, 5.41) is 14.6. The zero-order valence-corrected chi connectivity index (χ0v) is 13.3. The van der Waals surface area contributed by atoms with Gasteiger partial charge in [-0.05, 0) is 54.5 Å². The summed E-state index contributed by atoms with van der Waals surface area (Å²) in [5.41, 5.74) is 4.35. The zero-order valence-electron chi connectivity index (χ0n) is 11.7. The maximum Gasteiger partial charge on any atom is 0.148 e. The standard InChI is InChI=1S/C14H14N4OS2/c1-3-19-11-6-4-10(5-7-11)9-16-17-13-12(8-15)14(20-2)18-21-13/h4-7,9,17H,3H2,1-2H3/b16-9-. The van der Waals surface area contributed by atoms with E-state index in [1.807, 2.05) is 37.4 Å². The number of rotatable bonds is 6. The van der Waals surface area contributed by atoms with Crippen molar-refractivity contribution in [3.05, 3.63) is 35.4 Å². The Hall–Kier alpha value is -2.04. The van der Waals surface area contributed by atoms with Crippen LogP contribution in [0.4, 0.5) is 5.00 Å². The smallest absolute Gasteiger partial charge is 0.148 e. The number of benzene rings is 1. The maximum atomic E-state index is 9.11. The number of nitrogens with zero attached hydrogens (tertiary/aromatic N) is 3. The largest absolute Gasteiger partial charge is 0.494 e. The summed E-state index contributed by atoms with van der Waals surface area (Å²) in [6.45, 7) is 2.60. The molecule has 0 atom stereocenters. The summed E-state index contributed by atoms with van der Waals surface area (Å²) < 4.78 is 9.57. The number of anilines is 1. The van der Waals surface area contributed by atoms with Crippen molar-refractivity contribution in [2.45, 2.75) is 11.9 Å². The molecule has 1 aromatic carbocycles. The molecule has 0 bridgehead atoms. The normalized spacial score (nSPS) is 10.5. The average molecular weight is 318 g/mol. The first-order valence-corrected chi connectivity index (χ1v) is 8.24. The lowest BCUT2D eigenvalue weighted by Gasteiger charge is -2.02. The minimum atomic E-state index is 0.538. The first kappa shape index (κ1) is 15.4. The van der Waals surface area contributed by atoms with Crippen molar-refractivity contribution in [3.63, 3.8) is 0 Å². The highest BCUT2D eigenvalue weighted by molar-refractivity contribution is 7.98. The Kier molecular flexibility index (Phi) is 5.60. The SMILES string of the molecule is CCOc1ccc(/C=N\Nc2snc(SC)c2C#N)cc1. The van der Waals surface area contributed by atoms with Gasteiger partial charge in [0.2, 0.25) is 0 Å². The van der Waals surface area contributed by atoms with Gasteiger partial charge in [-0.1, -0.05) is 0 Å². The van der Waals surface area contributed by atoms with Crippen molar-refractivity contribution in [2.75, 3.05) is 18.3 Å². The van der Waals surface area contributed by atoms with E-state index >= 15 is 0 Å². The quantitative estimate of drug-likeness (QED) is 0.501. The number of thioether (sulfide) groups is 1. The highest BCUT2D eigenvalue weighted by atomic mass is 32.2. The predicted molar refractivity (Wildman–Crippen MR) is 87.4 cm³/mol. The van der Waals surface area contributed by atoms with Gasteiger partial charge in [0.1, 0.15) is 27.4 Å². The Bertz CT molecular complexity index is 659. The molecule has 1 aromatic heterocycles. The molecular weight excluding hydrogens is 304 g/mol. The molecule has 0 spiro atoms. The van der Waals surface area contributed by atoms with Gasteiger partial charge < -0.3 is 4.74 Å². The molecule has 0 saturated heterocycles. The second-order valence-electron chi connectivity index (χ2n) is 3.88. The minimum absolute atomic E-state index is 0.538.